The standard InChI is InChI=1S/C15H8BrClIN3O2/c16-8-1-2-12-10(4-8)13(15(23)20-12)21-19-6-7-3-9(17)5-11(18)14(7)22/h1-6,22H,(H,20,21,23). The van der Waals surface area contributed by atoms with Crippen LogP contribution in [0.5, 0.6) is 5.75 Å². The molecule has 1 amide bonds. The van der Waals surface area contributed by atoms with Crippen LogP contribution in [0.25, 0.3) is 0 Å². The number of benzene rings is 2. The van der Waals surface area contributed by atoms with Gasteiger partial charge in [0, 0.05) is 20.6 Å². The van der Waals surface area contributed by atoms with Crippen molar-refractivity contribution in [3.05, 3.63) is 54.5 Å². The molecule has 0 atom stereocenters. The second kappa shape index (κ2) is 6.58. The molecule has 0 aliphatic carbocycles. The van der Waals surface area contributed by atoms with Gasteiger partial charge in [0.25, 0.3) is 5.91 Å². The predicted molar refractivity (Wildman–Crippen MR) is 103 cm³/mol. The van der Waals surface area contributed by atoms with Gasteiger partial charge in [0.15, 0.2) is 5.71 Å². The van der Waals surface area contributed by atoms with Crippen molar-refractivity contribution in [3.63, 3.8) is 0 Å². The van der Waals surface area contributed by atoms with E-state index in [1.807, 2.05) is 28.7 Å². The van der Waals surface area contributed by atoms with Crippen molar-refractivity contribution in [2.75, 3.05) is 5.32 Å². The Morgan fingerprint density at radius 1 is 1.30 bits per heavy atom. The van der Waals surface area contributed by atoms with Crippen LogP contribution in [0.2, 0.25) is 5.02 Å². The molecule has 2 N–H and O–H groups in total. The molecular formula is C15H8BrClIN3O2. The Balaban J connectivity index is 1.95. The highest BCUT2D eigenvalue weighted by Crippen LogP contribution is 2.28. The first-order chi connectivity index (χ1) is 11.0. The number of halogens is 3. The summed E-state index contributed by atoms with van der Waals surface area (Å²) in [5.74, 6) is -0.252. The van der Waals surface area contributed by atoms with Gasteiger partial charge in [-0.15, -0.1) is 5.10 Å². The number of hydrogen-bond donors (Lipinski definition) is 2. The summed E-state index contributed by atoms with van der Waals surface area (Å²) in [5, 5.41) is 21.1. The normalized spacial score (nSPS) is 15.3. The second-order valence-electron chi connectivity index (χ2n) is 4.66. The fraction of sp³-hybridized carbons (Fsp3) is 0. The maximum absolute atomic E-state index is 12.0. The Morgan fingerprint density at radius 3 is 2.87 bits per heavy atom. The summed E-state index contributed by atoms with van der Waals surface area (Å²) < 4.78 is 1.45. The van der Waals surface area contributed by atoms with Gasteiger partial charge in [0.1, 0.15) is 5.75 Å². The van der Waals surface area contributed by atoms with Gasteiger partial charge in [0.2, 0.25) is 0 Å². The number of aromatic hydroxyl groups is 1. The molecule has 23 heavy (non-hydrogen) atoms. The number of nitrogens with one attached hydrogen (secondary N) is 1. The molecule has 0 bridgehead atoms. The van der Waals surface area contributed by atoms with E-state index in [9.17, 15) is 9.90 Å². The minimum absolute atomic E-state index is 0.0676. The third kappa shape index (κ3) is 3.41. The third-order valence-corrected chi connectivity index (χ3v) is 4.65. The lowest BCUT2D eigenvalue weighted by atomic mass is 10.1. The average molecular weight is 505 g/mol. The van der Waals surface area contributed by atoms with Gasteiger partial charge in [0.05, 0.1) is 15.5 Å². The number of anilines is 1. The number of amides is 1. The molecule has 0 aromatic heterocycles. The molecular weight excluding hydrogens is 496 g/mol. The van der Waals surface area contributed by atoms with Crippen LogP contribution in [0.3, 0.4) is 0 Å². The van der Waals surface area contributed by atoms with Crippen molar-refractivity contribution < 1.29 is 9.90 Å². The largest absolute Gasteiger partial charge is 0.506 e. The topological polar surface area (TPSA) is 74.0 Å². The molecule has 5 nitrogen and oxygen atoms in total. The van der Waals surface area contributed by atoms with Crippen molar-refractivity contribution in [3.8, 4) is 5.75 Å². The van der Waals surface area contributed by atoms with E-state index in [2.05, 4.69) is 31.4 Å². The van der Waals surface area contributed by atoms with Crippen LogP contribution in [0.4, 0.5) is 5.69 Å². The number of rotatable bonds is 2. The molecule has 116 valence electrons. The van der Waals surface area contributed by atoms with Crippen LogP contribution in [-0.2, 0) is 4.79 Å². The lowest BCUT2D eigenvalue weighted by molar-refractivity contribution is -0.110. The molecule has 1 aliphatic heterocycles. The first kappa shape index (κ1) is 16.4. The summed E-state index contributed by atoms with van der Waals surface area (Å²) in [6.07, 6.45) is 1.36. The highest BCUT2D eigenvalue weighted by molar-refractivity contribution is 14.1. The fourth-order valence-electron chi connectivity index (χ4n) is 2.06. The van der Waals surface area contributed by atoms with E-state index in [4.69, 9.17) is 11.6 Å². The summed E-state index contributed by atoms with van der Waals surface area (Å²) in [6.45, 7) is 0. The molecule has 2 aromatic carbocycles. The molecule has 0 spiro atoms. The number of carbonyl (C=O) groups excluding carboxylic acids is 1. The highest BCUT2D eigenvalue weighted by Gasteiger charge is 2.26. The zero-order chi connectivity index (χ0) is 16.6. The number of phenols is 1. The van der Waals surface area contributed by atoms with Gasteiger partial charge in [-0.1, -0.05) is 27.5 Å². The maximum atomic E-state index is 12.0. The van der Waals surface area contributed by atoms with Gasteiger partial charge >= 0.3 is 0 Å². The quantitative estimate of drug-likeness (QED) is 0.366. The van der Waals surface area contributed by atoms with Crippen LogP contribution >= 0.6 is 50.1 Å². The van der Waals surface area contributed by atoms with Crippen molar-refractivity contribution in [1.29, 1.82) is 0 Å². The van der Waals surface area contributed by atoms with E-state index in [1.165, 1.54) is 6.21 Å². The number of carbonyl (C=O) groups is 1. The van der Waals surface area contributed by atoms with E-state index in [0.29, 0.717) is 25.4 Å². The highest BCUT2D eigenvalue weighted by atomic mass is 127. The summed E-state index contributed by atoms with van der Waals surface area (Å²) >= 11 is 11.3. The lowest BCUT2D eigenvalue weighted by Gasteiger charge is -2.01. The molecule has 8 heteroatoms. The molecule has 0 unspecified atom stereocenters. The monoisotopic (exact) mass is 503 g/mol. The molecule has 0 radical (unpaired) electrons. The lowest BCUT2D eigenvalue weighted by Crippen LogP contribution is -2.13. The smallest absolute Gasteiger partial charge is 0.276 e. The van der Waals surface area contributed by atoms with Crippen LogP contribution < -0.4 is 5.32 Å². The molecule has 2 aromatic rings. The van der Waals surface area contributed by atoms with Gasteiger partial charge in [-0.2, -0.15) is 5.10 Å². The zero-order valence-electron chi connectivity index (χ0n) is 11.3. The van der Waals surface area contributed by atoms with E-state index >= 15 is 0 Å². The minimum atomic E-state index is -0.319. The molecule has 0 fully saturated rings. The van der Waals surface area contributed by atoms with Gasteiger partial charge < -0.3 is 10.4 Å². The van der Waals surface area contributed by atoms with Crippen LogP contribution in [0.1, 0.15) is 11.1 Å². The Bertz CT molecular complexity index is 883. The summed E-state index contributed by atoms with van der Waals surface area (Å²) in [4.78, 5) is 12.0. The van der Waals surface area contributed by atoms with Gasteiger partial charge in [-0.25, -0.2) is 0 Å². The van der Waals surface area contributed by atoms with E-state index in [0.717, 1.165) is 4.47 Å². The second-order valence-corrected chi connectivity index (χ2v) is 7.18. The molecule has 3 rings (SSSR count). The molecule has 0 saturated heterocycles. The van der Waals surface area contributed by atoms with Crippen LogP contribution in [-0.4, -0.2) is 22.9 Å². The van der Waals surface area contributed by atoms with Crippen molar-refractivity contribution in [2.45, 2.75) is 0 Å². The fourth-order valence-corrected chi connectivity index (χ4v) is 3.48. The molecule has 1 heterocycles. The molecule has 0 saturated carbocycles. The Labute approximate surface area is 158 Å². The number of phenolic OH excluding ortho intramolecular Hbond substituents is 1. The zero-order valence-corrected chi connectivity index (χ0v) is 15.8. The number of hydrogen-bond acceptors (Lipinski definition) is 4. The van der Waals surface area contributed by atoms with Crippen molar-refractivity contribution in [2.24, 2.45) is 10.2 Å². The van der Waals surface area contributed by atoms with E-state index in [-0.39, 0.29) is 17.4 Å². The third-order valence-electron chi connectivity index (χ3n) is 3.11. The van der Waals surface area contributed by atoms with Gasteiger partial charge in [-0.05, 0) is 52.9 Å². The SMILES string of the molecule is O=C1Nc2ccc(Br)cc2/C1=N/N=Cc1cc(Cl)cc(I)c1O. The maximum Gasteiger partial charge on any atom is 0.276 e. The average Bonchev–Trinajstić information content (AvgIpc) is 2.79. The van der Waals surface area contributed by atoms with E-state index in [1.54, 1.807) is 24.3 Å². The predicted octanol–water partition coefficient (Wildman–Crippen LogP) is 4.19. The van der Waals surface area contributed by atoms with Crippen molar-refractivity contribution in [1.82, 2.24) is 0 Å². The summed E-state index contributed by atoms with van der Waals surface area (Å²) in [6, 6.07) is 8.62. The first-order valence-electron chi connectivity index (χ1n) is 6.36. The Hall–Kier alpha value is -1.45. The van der Waals surface area contributed by atoms with Crippen LogP contribution in [0.15, 0.2) is 45.0 Å². The minimum Gasteiger partial charge on any atom is -0.506 e. The molecule has 1 aliphatic rings. The van der Waals surface area contributed by atoms with Crippen LogP contribution in [0, 0.1) is 3.57 Å². The Kier molecular flexibility index (Phi) is 4.69. The Morgan fingerprint density at radius 2 is 2.09 bits per heavy atom. The summed E-state index contributed by atoms with van der Waals surface area (Å²) in [7, 11) is 0. The number of fused-ring (bicyclic) bond motifs is 1. The van der Waals surface area contributed by atoms with Crippen molar-refractivity contribution >= 4 is 73.6 Å². The van der Waals surface area contributed by atoms with Gasteiger partial charge in [-0.3, -0.25) is 4.79 Å². The first-order valence-corrected chi connectivity index (χ1v) is 8.61. The van der Waals surface area contributed by atoms with E-state index < -0.39 is 0 Å². The summed E-state index contributed by atoms with van der Waals surface area (Å²) in [5.41, 5.74) is 2.01. The number of nitrogens with zero attached hydrogens (tertiary/aromatic N) is 2.